The fourth-order valence-electron chi connectivity index (χ4n) is 5.70. The van der Waals surface area contributed by atoms with Gasteiger partial charge in [0.25, 0.3) is 0 Å². The predicted molar refractivity (Wildman–Crippen MR) is 147 cm³/mol. The van der Waals surface area contributed by atoms with Gasteiger partial charge in [-0.3, -0.25) is 4.79 Å². The average Bonchev–Trinajstić information content (AvgIpc) is 3.54. The number of nitrogens with zero attached hydrogens (tertiary/aromatic N) is 4. The number of hydrogen-bond donors (Lipinski definition) is 0. The van der Waals surface area contributed by atoms with Crippen LogP contribution in [-0.4, -0.2) is 38.5 Å². The Labute approximate surface area is 223 Å². The molecule has 2 amide bonds. The number of imide groups is 1. The molecule has 0 radical (unpaired) electrons. The normalized spacial score (nSPS) is 17.0. The van der Waals surface area contributed by atoms with Gasteiger partial charge >= 0.3 is 6.09 Å². The van der Waals surface area contributed by atoms with Crippen molar-refractivity contribution >= 4 is 23.0 Å². The lowest BCUT2D eigenvalue weighted by Gasteiger charge is -2.30. The van der Waals surface area contributed by atoms with Crippen LogP contribution in [0.4, 0.5) is 4.79 Å². The lowest BCUT2D eigenvalue weighted by molar-refractivity contribution is -0.133. The van der Waals surface area contributed by atoms with Gasteiger partial charge < -0.3 is 4.74 Å². The summed E-state index contributed by atoms with van der Waals surface area (Å²) in [5.74, 6) is -1.06. The summed E-state index contributed by atoms with van der Waals surface area (Å²) in [4.78, 5) is 28.4. The molecule has 0 saturated carbocycles. The number of rotatable bonds is 7. The number of carbonyl (C=O) groups excluding carboxylic acids is 2. The van der Waals surface area contributed by atoms with Crippen molar-refractivity contribution in [3.8, 4) is 0 Å². The molecular formula is C31H34N4O3. The molecule has 4 aromatic rings. The van der Waals surface area contributed by atoms with Gasteiger partial charge in [0, 0.05) is 18.4 Å². The summed E-state index contributed by atoms with van der Waals surface area (Å²) < 4.78 is 7.27. The van der Waals surface area contributed by atoms with Crippen LogP contribution in [0.5, 0.6) is 0 Å². The largest absolute Gasteiger partial charge is 0.446 e. The van der Waals surface area contributed by atoms with E-state index in [2.05, 4.69) is 48.4 Å². The van der Waals surface area contributed by atoms with Gasteiger partial charge in [0.15, 0.2) is 0 Å². The van der Waals surface area contributed by atoms with Crippen molar-refractivity contribution < 1.29 is 14.3 Å². The van der Waals surface area contributed by atoms with Crippen molar-refractivity contribution in [2.75, 3.05) is 6.61 Å². The van der Waals surface area contributed by atoms with Crippen LogP contribution in [0.25, 0.3) is 11.0 Å². The minimum Gasteiger partial charge on any atom is -0.446 e. The van der Waals surface area contributed by atoms with E-state index in [0.717, 1.165) is 46.3 Å². The van der Waals surface area contributed by atoms with Crippen molar-refractivity contribution in [2.24, 2.45) is 5.92 Å². The second-order valence-electron chi connectivity index (χ2n) is 10.1. The molecule has 0 bridgehead atoms. The SMILES string of the molecule is CCc1cc(C(c2ccc3c(nnn3CC)c2C)[C@@H](C)C(=O)N2C(=O)OC[C@H]2c2ccccc2)ccc1C. The van der Waals surface area contributed by atoms with Crippen molar-refractivity contribution in [1.29, 1.82) is 0 Å². The molecule has 7 nitrogen and oxygen atoms in total. The molecule has 0 N–H and O–H groups in total. The summed E-state index contributed by atoms with van der Waals surface area (Å²) in [6.07, 6.45) is 0.303. The number of hydrogen-bond acceptors (Lipinski definition) is 5. The maximum atomic E-state index is 14.2. The first-order valence-electron chi connectivity index (χ1n) is 13.3. The number of ether oxygens (including phenoxy) is 1. The molecule has 196 valence electrons. The number of cyclic esters (lactones) is 1. The molecule has 3 aromatic carbocycles. The third-order valence-electron chi connectivity index (χ3n) is 7.91. The summed E-state index contributed by atoms with van der Waals surface area (Å²) in [5, 5.41) is 8.78. The molecule has 7 heteroatoms. The zero-order chi connectivity index (χ0) is 27.0. The highest BCUT2D eigenvalue weighted by Gasteiger charge is 2.43. The molecule has 1 saturated heterocycles. The molecule has 1 aliphatic rings. The highest BCUT2D eigenvalue weighted by Crippen LogP contribution is 2.40. The zero-order valence-electron chi connectivity index (χ0n) is 22.6. The van der Waals surface area contributed by atoms with E-state index < -0.39 is 18.1 Å². The fourth-order valence-corrected chi connectivity index (χ4v) is 5.70. The molecule has 3 atom stereocenters. The van der Waals surface area contributed by atoms with Crippen LogP contribution in [0.15, 0.2) is 60.7 Å². The van der Waals surface area contributed by atoms with E-state index in [1.807, 2.05) is 61.9 Å². The highest BCUT2D eigenvalue weighted by molar-refractivity contribution is 5.95. The van der Waals surface area contributed by atoms with E-state index in [1.165, 1.54) is 16.0 Å². The Kier molecular flexibility index (Phi) is 7.02. The van der Waals surface area contributed by atoms with Gasteiger partial charge in [-0.15, -0.1) is 5.10 Å². The van der Waals surface area contributed by atoms with Crippen LogP contribution in [-0.2, 0) is 22.5 Å². The number of benzene rings is 3. The smallest absolute Gasteiger partial charge is 0.417 e. The van der Waals surface area contributed by atoms with Gasteiger partial charge in [-0.05, 0) is 66.6 Å². The first-order valence-corrected chi connectivity index (χ1v) is 13.3. The van der Waals surface area contributed by atoms with Crippen molar-refractivity contribution in [3.05, 3.63) is 94.0 Å². The summed E-state index contributed by atoms with van der Waals surface area (Å²) in [5.41, 5.74) is 8.20. The molecular weight excluding hydrogens is 476 g/mol. The average molecular weight is 511 g/mol. The van der Waals surface area contributed by atoms with E-state index >= 15 is 0 Å². The Morgan fingerprint density at radius 1 is 1.08 bits per heavy atom. The Morgan fingerprint density at radius 2 is 1.84 bits per heavy atom. The van der Waals surface area contributed by atoms with Crippen LogP contribution in [0.1, 0.15) is 66.1 Å². The molecule has 1 aliphatic heterocycles. The predicted octanol–water partition coefficient (Wildman–Crippen LogP) is 6.12. The number of carbonyl (C=O) groups is 2. The molecule has 0 aliphatic carbocycles. The van der Waals surface area contributed by atoms with Crippen LogP contribution >= 0.6 is 0 Å². The second-order valence-corrected chi connectivity index (χ2v) is 10.1. The van der Waals surface area contributed by atoms with Crippen LogP contribution in [0, 0.1) is 19.8 Å². The summed E-state index contributed by atoms with van der Waals surface area (Å²) >= 11 is 0. The first-order chi connectivity index (χ1) is 18.3. The van der Waals surface area contributed by atoms with E-state index in [9.17, 15) is 9.59 Å². The van der Waals surface area contributed by atoms with E-state index in [1.54, 1.807) is 0 Å². The highest BCUT2D eigenvalue weighted by atomic mass is 16.6. The summed E-state index contributed by atoms with van der Waals surface area (Å²) in [7, 11) is 0. The Bertz CT molecular complexity index is 1490. The topological polar surface area (TPSA) is 77.3 Å². The first kappa shape index (κ1) is 25.6. The molecule has 2 heterocycles. The molecule has 1 unspecified atom stereocenters. The third-order valence-corrected chi connectivity index (χ3v) is 7.91. The van der Waals surface area contributed by atoms with Gasteiger partial charge in [-0.1, -0.05) is 73.7 Å². The quantitative estimate of drug-likeness (QED) is 0.299. The Hall–Kier alpha value is -4.00. The van der Waals surface area contributed by atoms with Gasteiger partial charge in [0.2, 0.25) is 5.91 Å². The van der Waals surface area contributed by atoms with Crippen molar-refractivity contribution in [3.63, 3.8) is 0 Å². The number of amides is 2. The monoisotopic (exact) mass is 510 g/mol. The van der Waals surface area contributed by atoms with Gasteiger partial charge in [0.1, 0.15) is 18.2 Å². The van der Waals surface area contributed by atoms with E-state index in [-0.39, 0.29) is 18.4 Å². The minimum absolute atomic E-state index is 0.154. The Morgan fingerprint density at radius 3 is 2.55 bits per heavy atom. The second kappa shape index (κ2) is 10.4. The van der Waals surface area contributed by atoms with E-state index in [4.69, 9.17) is 4.74 Å². The lowest BCUT2D eigenvalue weighted by Crippen LogP contribution is -2.40. The number of fused-ring (bicyclic) bond motifs is 1. The van der Waals surface area contributed by atoms with E-state index in [0.29, 0.717) is 0 Å². The maximum Gasteiger partial charge on any atom is 0.417 e. The van der Waals surface area contributed by atoms with Crippen molar-refractivity contribution in [2.45, 2.75) is 59.5 Å². The van der Waals surface area contributed by atoms with Gasteiger partial charge in [-0.2, -0.15) is 0 Å². The van der Waals surface area contributed by atoms with Crippen molar-refractivity contribution in [1.82, 2.24) is 19.9 Å². The lowest BCUT2D eigenvalue weighted by atomic mass is 9.78. The third kappa shape index (κ3) is 4.36. The molecule has 38 heavy (non-hydrogen) atoms. The molecule has 1 aromatic heterocycles. The van der Waals surface area contributed by atoms with Crippen LogP contribution < -0.4 is 0 Å². The number of aromatic nitrogens is 3. The number of aryl methyl sites for hydroxylation is 4. The standard InChI is InChI=1S/C31H34N4O3/c1-6-22-17-24(14-13-19(22)3)28(25-15-16-26-29(20(25)4)32-33-34(26)7-2)21(5)30(36)35-27(18-38-31(35)37)23-11-9-8-10-12-23/h8-17,21,27-28H,6-7,18H2,1-5H3/t21-,27+,28?/m1/s1. The van der Waals surface area contributed by atoms with Gasteiger partial charge in [0.05, 0.1) is 5.52 Å². The molecule has 0 spiro atoms. The summed E-state index contributed by atoms with van der Waals surface area (Å²) in [6.45, 7) is 11.1. The van der Waals surface area contributed by atoms with Crippen LogP contribution in [0.3, 0.4) is 0 Å². The fraction of sp³-hybridized carbons (Fsp3) is 0.355. The Balaban J connectivity index is 1.62. The molecule has 5 rings (SSSR count). The summed E-state index contributed by atoms with van der Waals surface area (Å²) in [6, 6.07) is 19.7. The van der Waals surface area contributed by atoms with Crippen LogP contribution in [0.2, 0.25) is 0 Å². The maximum absolute atomic E-state index is 14.2. The minimum atomic E-state index is -0.592. The zero-order valence-corrected chi connectivity index (χ0v) is 22.6. The molecule has 1 fully saturated rings. The van der Waals surface area contributed by atoms with Gasteiger partial charge in [-0.25, -0.2) is 14.4 Å².